The largest absolute Gasteiger partial charge is 0.291 e. The van der Waals surface area contributed by atoms with Gasteiger partial charge in [-0.25, -0.2) is 4.68 Å². The van der Waals surface area contributed by atoms with Gasteiger partial charge in [0.05, 0.1) is 11.7 Å². The van der Waals surface area contributed by atoms with Crippen molar-refractivity contribution in [1.82, 2.24) is 19.9 Å². The van der Waals surface area contributed by atoms with Crippen LogP contribution >= 0.6 is 0 Å². The van der Waals surface area contributed by atoms with Crippen LogP contribution in [-0.2, 0) is 6.54 Å². The molecule has 0 radical (unpaired) electrons. The van der Waals surface area contributed by atoms with Gasteiger partial charge in [-0.15, -0.1) is 5.10 Å². The summed E-state index contributed by atoms with van der Waals surface area (Å²) in [5.41, 5.74) is 0.432. The highest BCUT2D eigenvalue weighted by Gasteiger charge is 2.47. The zero-order chi connectivity index (χ0) is 13.3. The van der Waals surface area contributed by atoms with E-state index < -0.39 is 0 Å². The summed E-state index contributed by atoms with van der Waals surface area (Å²) in [6, 6.07) is 0. The van der Waals surface area contributed by atoms with Crippen LogP contribution in [-0.4, -0.2) is 44.3 Å². The van der Waals surface area contributed by atoms with E-state index in [0.717, 1.165) is 38.8 Å². The lowest BCUT2D eigenvalue weighted by atomic mass is 9.88. The third kappa shape index (κ3) is 2.00. The second kappa shape index (κ2) is 5.04. The molecule has 0 aromatic carbocycles. The maximum Gasteiger partial charge on any atom is 0.202 e. The van der Waals surface area contributed by atoms with Crippen molar-refractivity contribution in [3.05, 3.63) is 11.9 Å². The van der Waals surface area contributed by atoms with Gasteiger partial charge in [0.1, 0.15) is 5.69 Å². The maximum atomic E-state index is 13.1. The third-order valence-corrected chi connectivity index (χ3v) is 4.71. The SMILES string of the molecule is CCn1nncc1C(=O)C1(N2CCCC2)CCCC1. The smallest absolute Gasteiger partial charge is 0.202 e. The third-order valence-electron chi connectivity index (χ3n) is 4.71. The molecule has 0 amide bonds. The topological polar surface area (TPSA) is 51.0 Å². The predicted octanol–water partition coefficient (Wildman–Crippen LogP) is 1.89. The van der Waals surface area contributed by atoms with Gasteiger partial charge in [-0.1, -0.05) is 18.1 Å². The number of hydrogen-bond acceptors (Lipinski definition) is 4. The number of aromatic nitrogens is 3. The lowest BCUT2D eigenvalue weighted by molar-refractivity contribution is 0.0614. The van der Waals surface area contributed by atoms with Crippen LogP contribution in [0.1, 0.15) is 55.9 Å². The molecule has 5 nitrogen and oxygen atoms in total. The zero-order valence-electron chi connectivity index (χ0n) is 11.6. The van der Waals surface area contributed by atoms with Gasteiger partial charge < -0.3 is 0 Å². The van der Waals surface area contributed by atoms with Crippen molar-refractivity contribution in [3.63, 3.8) is 0 Å². The van der Waals surface area contributed by atoms with Crippen LogP contribution in [0.5, 0.6) is 0 Å². The molecule has 1 saturated carbocycles. The number of carbonyl (C=O) groups is 1. The van der Waals surface area contributed by atoms with E-state index in [1.54, 1.807) is 10.9 Å². The Morgan fingerprint density at radius 3 is 2.58 bits per heavy atom. The lowest BCUT2D eigenvalue weighted by Crippen LogP contribution is -2.52. The van der Waals surface area contributed by atoms with Crippen LogP contribution < -0.4 is 0 Å². The second-order valence-electron chi connectivity index (χ2n) is 5.70. The number of nitrogens with zero attached hydrogens (tertiary/aromatic N) is 4. The Kier molecular flexibility index (Phi) is 3.39. The molecule has 0 N–H and O–H groups in total. The Balaban J connectivity index is 1.94. The minimum absolute atomic E-state index is 0.249. The lowest BCUT2D eigenvalue weighted by Gasteiger charge is -2.37. The molecule has 1 saturated heterocycles. The minimum atomic E-state index is -0.259. The molecule has 2 aliphatic rings. The first-order valence-corrected chi connectivity index (χ1v) is 7.46. The summed E-state index contributed by atoms with van der Waals surface area (Å²) in [6.45, 7) is 4.85. The average Bonchev–Trinajstić information content (AvgIpc) is 3.16. The zero-order valence-corrected chi connectivity index (χ0v) is 11.6. The fraction of sp³-hybridized carbons (Fsp3) is 0.786. The molecule has 5 heteroatoms. The van der Waals surface area contributed by atoms with Crippen molar-refractivity contribution in [3.8, 4) is 0 Å². The van der Waals surface area contributed by atoms with E-state index in [9.17, 15) is 4.79 Å². The Labute approximate surface area is 114 Å². The molecule has 3 rings (SSSR count). The van der Waals surface area contributed by atoms with E-state index >= 15 is 0 Å². The highest BCUT2D eigenvalue weighted by atomic mass is 16.1. The van der Waals surface area contributed by atoms with Gasteiger partial charge in [-0.2, -0.15) is 0 Å². The van der Waals surface area contributed by atoms with E-state index in [1.807, 2.05) is 6.92 Å². The molecular weight excluding hydrogens is 240 g/mol. The van der Waals surface area contributed by atoms with E-state index in [2.05, 4.69) is 15.2 Å². The number of aryl methyl sites for hydroxylation is 1. The van der Waals surface area contributed by atoms with Crippen LogP contribution in [0, 0.1) is 0 Å². The van der Waals surface area contributed by atoms with Crippen molar-refractivity contribution >= 4 is 5.78 Å². The van der Waals surface area contributed by atoms with Crippen LogP contribution in [0.25, 0.3) is 0 Å². The van der Waals surface area contributed by atoms with Crippen molar-refractivity contribution in [2.24, 2.45) is 0 Å². The van der Waals surface area contributed by atoms with Gasteiger partial charge in [-0.3, -0.25) is 9.69 Å². The Hall–Kier alpha value is -1.23. The number of carbonyl (C=O) groups excluding carboxylic acids is 1. The van der Waals surface area contributed by atoms with Gasteiger partial charge in [0.2, 0.25) is 5.78 Å². The number of ketones is 1. The standard InChI is InChI=1S/C14H22N4O/c1-2-18-12(11-15-16-18)13(19)14(7-3-4-8-14)17-9-5-6-10-17/h11H,2-10H2,1H3. The molecule has 0 bridgehead atoms. The van der Waals surface area contributed by atoms with Gasteiger partial charge >= 0.3 is 0 Å². The normalized spacial score (nSPS) is 23.0. The molecule has 1 aliphatic carbocycles. The van der Waals surface area contributed by atoms with Crippen LogP contribution in [0.15, 0.2) is 6.20 Å². The summed E-state index contributed by atoms with van der Waals surface area (Å²) >= 11 is 0. The van der Waals surface area contributed by atoms with Gasteiger partial charge in [0, 0.05) is 6.54 Å². The quantitative estimate of drug-likeness (QED) is 0.778. The highest BCUT2D eigenvalue weighted by Crippen LogP contribution is 2.39. The maximum absolute atomic E-state index is 13.1. The van der Waals surface area contributed by atoms with Gasteiger partial charge in [0.15, 0.2) is 0 Å². The fourth-order valence-corrected chi connectivity index (χ4v) is 3.70. The molecule has 104 valence electrons. The molecule has 0 spiro atoms. The van der Waals surface area contributed by atoms with Crippen molar-refractivity contribution in [2.75, 3.05) is 13.1 Å². The fourth-order valence-electron chi connectivity index (χ4n) is 3.70. The van der Waals surface area contributed by atoms with Crippen LogP contribution in [0.2, 0.25) is 0 Å². The van der Waals surface area contributed by atoms with Crippen LogP contribution in [0.3, 0.4) is 0 Å². The molecule has 2 fully saturated rings. The van der Waals surface area contributed by atoms with Crippen molar-refractivity contribution in [2.45, 2.75) is 57.5 Å². The average molecular weight is 262 g/mol. The number of likely N-dealkylation sites (tertiary alicyclic amines) is 1. The Morgan fingerprint density at radius 2 is 1.95 bits per heavy atom. The molecule has 0 unspecified atom stereocenters. The monoisotopic (exact) mass is 262 g/mol. The summed E-state index contributed by atoms with van der Waals surface area (Å²) in [4.78, 5) is 15.5. The van der Waals surface area contributed by atoms with E-state index in [1.165, 1.54) is 12.8 Å². The van der Waals surface area contributed by atoms with Crippen molar-refractivity contribution < 1.29 is 4.79 Å². The summed E-state index contributed by atoms with van der Waals surface area (Å²) in [7, 11) is 0. The second-order valence-corrected chi connectivity index (χ2v) is 5.70. The van der Waals surface area contributed by atoms with Crippen LogP contribution in [0.4, 0.5) is 0 Å². The first kappa shape index (κ1) is 12.8. The number of hydrogen-bond donors (Lipinski definition) is 0. The number of Topliss-reactive ketones (excluding diaryl/α,β-unsaturated/α-hetero) is 1. The molecule has 1 aromatic rings. The summed E-state index contributed by atoms with van der Waals surface area (Å²) in [5.74, 6) is 0.249. The van der Waals surface area contributed by atoms with E-state index in [4.69, 9.17) is 0 Å². The predicted molar refractivity (Wildman–Crippen MR) is 72.0 cm³/mol. The van der Waals surface area contributed by atoms with E-state index in [-0.39, 0.29) is 11.3 Å². The summed E-state index contributed by atoms with van der Waals surface area (Å²) in [5, 5.41) is 7.93. The molecule has 0 atom stereocenters. The van der Waals surface area contributed by atoms with Crippen molar-refractivity contribution in [1.29, 1.82) is 0 Å². The highest BCUT2D eigenvalue weighted by molar-refractivity contribution is 6.02. The first-order valence-electron chi connectivity index (χ1n) is 7.46. The molecule has 2 heterocycles. The van der Waals surface area contributed by atoms with Gasteiger partial charge in [0.25, 0.3) is 0 Å². The first-order chi connectivity index (χ1) is 9.28. The summed E-state index contributed by atoms with van der Waals surface area (Å²) in [6.07, 6.45) is 8.41. The number of rotatable bonds is 4. The van der Waals surface area contributed by atoms with Gasteiger partial charge in [-0.05, 0) is 45.7 Å². The van der Waals surface area contributed by atoms with E-state index in [0.29, 0.717) is 12.2 Å². The molecule has 1 aliphatic heterocycles. The summed E-state index contributed by atoms with van der Waals surface area (Å²) < 4.78 is 1.73. The Bertz CT molecular complexity index is 456. The molecule has 19 heavy (non-hydrogen) atoms. The molecule has 1 aromatic heterocycles. The minimum Gasteiger partial charge on any atom is -0.291 e. The Morgan fingerprint density at radius 1 is 1.26 bits per heavy atom. The molecular formula is C14H22N4O.